The lowest BCUT2D eigenvalue weighted by Crippen LogP contribution is -2.15. The summed E-state index contributed by atoms with van der Waals surface area (Å²) in [6, 6.07) is 24.1. The molecule has 0 aliphatic heterocycles. The lowest BCUT2D eigenvalue weighted by molar-refractivity contribution is 0.102. The number of thiophene rings is 1. The van der Waals surface area contributed by atoms with E-state index in [1.54, 1.807) is 18.2 Å². The van der Waals surface area contributed by atoms with Gasteiger partial charge in [-0.05, 0) is 46.5 Å². The summed E-state index contributed by atoms with van der Waals surface area (Å²) in [4.78, 5) is 26.2. The van der Waals surface area contributed by atoms with Crippen LogP contribution in [0.4, 0.5) is 5.69 Å². The minimum absolute atomic E-state index is 0.0888. The highest BCUT2D eigenvalue weighted by Crippen LogP contribution is 2.28. The SMILES string of the molecule is O=C(Nc1cc2ccccc2cc1C(=O)c1cccs1)c1ccccc1. The summed E-state index contributed by atoms with van der Waals surface area (Å²) in [5.41, 5.74) is 1.57. The first-order chi connectivity index (χ1) is 12.7. The van der Waals surface area contributed by atoms with Crippen LogP contribution in [0.5, 0.6) is 0 Å². The topological polar surface area (TPSA) is 46.2 Å². The maximum atomic E-state index is 12.9. The Morgan fingerprint density at radius 1 is 0.769 bits per heavy atom. The standard InChI is InChI=1S/C22H15NO2S/c24-21(20-11-6-12-26-20)18-13-16-9-4-5-10-17(16)14-19(18)23-22(25)15-7-2-1-3-8-15/h1-14H,(H,23,25). The number of carbonyl (C=O) groups excluding carboxylic acids is 2. The molecule has 1 amide bonds. The van der Waals surface area contributed by atoms with Gasteiger partial charge in [-0.15, -0.1) is 11.3 Å². The maximum absolute atomic E-state index is 12.9. The average molecular weight is 357 g/mol. The number of benzene rings is 3. The van der Waals surface area contributed by atoms with Crippen molar-refractivity contribution >= 4 is 39.5 Å². The van der Waals surface area contributed by atoms with Crippen LogP contribution in [-0.2, 0) is 0 Å². The van der Waals surface area contributed by atoms with Gasteiger partial charge >= 0.3 is 0 Å². The van der Waals surface area contributed by atoms with Gasteiger partial charge < -0.3 is 5.32 Å². The molecule has 1 heterocycles. The molecule has 0 aliphatic rings. The first kappa shape index (κ1) is 16.2. The Morgan fingerprint density at radius 3 is 2.15 bits per heavy atom. The molecule has 0 saturated carbocycles. The van der Waals surface area contributed by atoms with Crippen LogP contribution in [0.15, 0.2) is 84.2 Å². The summed E-state index contributed by atoms with van der Waals surface area (Å²) in [6.07, 6.45) is 0. The molecule has 1 aromatic heterocycles. The summed E-state index contributed by atoms with van der Waals surface area (Å²) in [7, 11) is 0. The van der Waals surface area contributed by atoms with Crippen molar-refractivity contribution < 1.29 is 9.59 Å². The van der Waals surface area contributed by atoms with Gasteiger partial charge in [0.15, 0.2) is 0 Å². The third kappa shape index (κ3) is 3.15. The Hall–Kier alpha value is -3.24. The highest BCUT2D eigenvalue weighted by atomic mass is 32.1. The third-order valence-corrected chi connectivity index (χ3v) is 5.03. The molecule has 0 bridgehead atoms. The lowest BCUT2D eigenvalue weighted by Gasteiger charge is -2.12. The van der Waals surface area contributed by atoms with Crippen LogP contribution in [0.25, 0.3) is 10.8 Å². The van der Waals surface area contributed by atoms with Gasteiger partial charge in [-0.25, -0.2) is 0 Å². The van der Waals surface area contributed by atoms with Gasteiger partial charge in [-0.3, -0.25) is 9.59 Å². The minimum Gasteiger partial charge on any atom is -0.321 e. The van der Waals surface area contributed by atoms with Gasteiger partial charge in [-0.1, -0.05) is 48.5 Å². The van der Waals surface area contributed by atoms with E-state index in [4.69, 9.17) is 0 Å². The van der Waals surface area contributed by atoms with Crippen molar-refractivity contribution in [2.75, 3.05) is 5.32 Å². The zero-order valence-electron chi connectivity index (χ0n) is 13.8. The summed E-state index contributed by atoms with van der Waals surface area (Å²) in [5, 5.41) is 6.71. The molecule has 4 rings (SSSR count). The molecule has 0 aliphatic carbocycles. The van der Waals surface area contributed by atoms with Crippen LogP contribution in [0.1, 0.15) is 25.6 Å². The summed E-state index contributed by atoms with van der Waals surface area (Å²) < 4.78 is 0. The van der Waals surface area contributed by atoms with E-state index in [2.05, 4.69) is 5.32 Å². The van der Waals surface area contributed by atoms with Gasteiger partial charge in [-0.2, -0.15) is 0 Å². The van der Waals surface area contributed by atoms with Crippen molar-refractivity contribution in [1.29, 1.82) is 0 Å². The normalized spacial score (nSPS) is 10.6. The number of carbonyl (C=O) groups is 2. The number of hydrogen-bond acceptors (Lipinski definition) is 3. The Labute approximate surface area is 154 Å². The fourth-order valence-corrected chi connectivity index (χ4v) is 3.53. The van der Waals surface area contributed by atoms with E-state index in [1.807, 2.05) is 66.0 Å². The van der Waals surface area contributed by atoms with E-state index in [1.165, 1.54) is 11.3 Å². The molecule has 126 valence electrons. The van der Waals surface area contributed by atoms with Gasteiger partial charge in [0.05, 0.1) is 10.6 Å². The van der Waals surface area contributed by atoms with Gasteiger partial charge in [0.2, 0.25) is 5.78 Å². The lowest BCUT2D eigenvalue weighted by atomic mass is 10.0. The summed E-state index contributed by atoms with van der Waals surface area (Å²) >= 11 is 1.39. The molecular weight excluding hydrogens is 342 g/mol. The molecular formula is C22H15NO2S. The number of nitrogens with one attached hydrogen (secondary N) is 1. The molecule has 1 N–H and O–H groups in total. The molecule has 3 nitrogen and oxygen atoms in total. The van der Waals surface area contributed by atoms with Crippen LogP contribution >= 0.6 is 11.3 Å². The van der Waals surface area contributed by atoms with Crippen LogP contribution in [0.2, 0.25) is 0 Å². The highest BCUT2D eigenvalue weighted by Gasteiger charge is 2.18. The fourth-order valence-electron chi connectivity index (χ4n) is 2.86. The van der Waals surface area contributed by atoms with Crippen LogP contribution in [-0.4, -0.2) is 11.7 Å². The van der Waals surface area contributed by atoms with Crippen molar-refractivity contribution in [3.63, 3.8) is 0 Å². The predicted octanol–water partition coefficient (Wildman–Crippen LogP) is 5.38. The second-order valence-electron chi connectivity index (χ2n) is 5.87. The molecule has 0 atom stereocenters. The second-order valence-corrected chi connectivity index (χ2v) is 6.82. The quantitative estimate of drug-likeness (QED) is 0.498. The number of hydrogen-bond donors (Lipinski definition) is 1. The first-order valence-corrected chi connectivity index (χ1v) is 9.08. The van der Waals surface area contributed by atoms with Crippen molar-refractivity contribution in [3.8, 4) is 0 Å². The molecule has 4 heteroatoms. The molecule has 0 fully saturated rings. The van der Waals surface area contributed by atoms with Crippen molar-refractivity contribution in [2.45, 2.75) is 0 Å². The Bertz CT molecular complexity index is 1090. The van der Waals surface area contributed by atoms with Crippen molar-refractivity contribution in [1.82, 2.24) is 0 Å². The van der Waals surface area contributed by atoms with Gasteiger partial charge in [0.1, 0.15) is 0 Å². The van der Waals surface area contributed by atoms with Crippen molar-refractivity contribution in [3.05, 3.63) is 100 Å². The third-order valence-electron chi connectivity index (χ3n) is 4.16. The van der Waals surface area contributed by atoms with E-state index < -0.39 is 0 Å². The zero-order valence-corrected chi connectivity index (χ0v) is 14.6. The van der Waals surface area contributed by atoms with Crippen LogP contribution in [0.3, 0.4) is 0 Å². The number of ketones is 1. The monoisotopic (exact) mass is 357 g/mol. The number of fused-ring (bicyclic) bond motifs is 1. The highest BCUT2D eigenvalue weighted by molar-refractivity contribution is 7.12. The average Bonchev–Trinajstić information content (AvgIpc) is 3.22. The Balaban J connectivity index is 1.80. The summed E-state index contributed by atoms with van der Waals surface area (Å²) in [5.74, 6) is -0.324. The first-order valence-electron chi connectivity index (χ1n) is 8.20. The van der Waals surface area contributed by atoms with E-state index in [-0.39, 0.29) is 11.7 Å². The molecule has 0 unspecified atom stereocenters. The van der Waals surface area contributed by atoms with E-state index in [0.717, 1.165) is 10.8 Å². The summed E-state index contributed by atoms with van der Waals surface area (Å²) in [6.45, 7) is 0. The number of rotatable bonds is 4. The number of amides is 1. The molecule has 4 aromatic rings. The Kier molecular flexibility index (Phi) is 4.33. The maximum Gasteiger partial charge on any atom is 0.255 e. The van der Waals surface area contributed by atoms with Crippen LogP contribution < -0.4 is 5.32 Å². The fraction of sp³-hybridized carbons (Fsp3) is 0. The van der Waals surface area contributed by atoms with Crippen molar-refractivity contribution in [2.24, 2.45) is 0 Å². The van der Waals surface area contributed by atoms with Gasteiger partial charge in [0.25, 0.3) is 5.91 Å². The molecule has 0 radical (unpaired) electrons. The van der Waals surface area contributed by atoms with Gasteiger partial charge in [0, 0.05) is 11.1 Å². The van der Waals surface area contributed by atoms with E-state index >= 15 is 0 Å². The Morgan fingerprint density at radius 2 is 1.46 bits per heavy atom. The molecule has 26 heavy (non-hydrogen) atoms. The molecule has 0 saturated heterocycles. The molecule has 0 spiro atoms. The predicted molar refractivity (Wildman–Crippen MR) is 106 cm³/mol. The van der Waals surface area contributed by atoms with E-state index in [0.29, 0.717) is 21.7 Å². The minimum atomic E-state index is -0.235. The zero-order chi connectivity index (χ0) is 17.9. The van der Waals surface area contributed by atoms with E-state index in [9.17, 15) is 9.59 Å². The van der Waals surface area contributed by atoms with Crippen LogP contribution in [0, 0.1) is 0 Å². The smallest absolute Gasteiger partial charge is 0.255 e. The second kappa shape index (κ2) is 6.94. The largest absolute Gasteiger partial charge is 0.321 e. The molecule has 3 aromatic carbocycles. The number of anilines is 1.